The maximum absolute atomic E-state index is 16.3. The number of halogens is 1. The number of carbonyl (C=O) groups excluding carboxylic acids is 1. The molecule has 0 bridgehead atoms. The molecule has 0 atom stereocenters. The summed E-state index contributed by atoms with van der Waals surface area (Å²) < 4.78 is 28.9. The van der Waals surface area contributed by atoms with Gasteiger partial charge in [0.15, 0.2) is 5.78 Å². The fourth-order valence-corrected chi connectivity index (χ4v) is 11.5. The predicted molar refractivity (Wildman–Crippen MR) is 198 cm³/mol. The van der Waals surface area contributed by atoms with Crippen molar-refractivity contribution in [1.29, 1.82) is 0 Å². The van der Waals surface area contributed by atoms with Gasteiger partial charge in [-0.25, -0.2) is 4.39 Å². The van der Waals surface area contributed by atoms with Crippen LogP contribution in [0.2, 0.25) is 0 Å². The minimum atomic E-state index is -0.883. The lowest BCUT2D eigenvalue weighted by molar-refractivity contribution is -0.195. The van der Waals surface area contributed by atoms with Gasteiger partial charge in [0.2, 0.25) is 0 Å². The summed E-state index contributed by atoms with van der Waals surface area (Å²) in [5, 5.41) is 0. The Hall–Kier alpha value is -0.480. The summed E-state index contributed by atoms with van der Waals surface area (Å²) in [5.74, 6) is 3.27. The summed E-state index contributed by atoms with van der Waals surface area (Å²) in [6, 6.07) is 0. The Balaban J connectivity index is 0.929. The first kappa shape index (κ1) is 38.7. The van der Waals surface area contributed by atoms with E-state index in [9.17, 15) is 4.79 Å². The van der Waals surface area contributed by atoms with E-state index in [2.05, 4.69) is 13.8 Å². The highest BCUT2D eigenvalue weighted by Gasteiger charge is 2.71. The van der Waals surface area contributed by atoms with Crippen molar-refractivity contribution in [2.45, 2.75) is 225 Å². The highest BCUT2D eigenvalue weighted by molar-refractivity contribution is 5.98. The number of hydrogen-bond acceptors (Lipinski definition) is 3. The van der Waals surface area contributed by atoms with Gasteiger partial charge in [-0.1, -0.05) is 90.9 Å². The first-order valence-corrected chi connectivity index (χ1v) is 21.9. The van der Waals surface area contributed by atoms with E-state index in [1.165, 1.54) is 141 Å². The van der Waals surface area contributed by atoms with Gasteiger partial charge in [-0.15, -0.1) is 0 Å². The molecule has 0 aromatic carbocycles. The number of unbranched alkanes of at least 4 members (excludes halogenated alkanes) is 12. The SMILES string of the molecule is CCCCCCCCCOC1CCC(C2CC[C@]3(CC2)C(=O)[C@@]2(CCC(C4CCC(OCCCCCCCCC)CC4)CC2)[C@H]3F)CC1. The van der Waals surface area contributed by atoms with Crippen LogP contribution in [-0.4, -0.2) is 37.4 Å². The van der Waals surface area contributed by atoms with Gasteiger partial charge < -0.3 is 9.47 Å². The van der Waals surface area contributed by atoms with Gasteiger partial charge in [0.25, 0.3) is 0 Å². The first-order valence-electron chi connectivity index (χ1n) is 21.9. The molecule has 0 unspecified atom stereocenters. The Morgan fingerprint density at radius 3 is 1.12 bits per heavy atom. The van der Waals surface area contributed by atoms with E-state index in [1.807, 2.05) is 0 Å². The molecule has 5 saturated carbocycles. The Labute approximate surface area is 296 Å². The molecule has 0 N–H and O–H groups in total. The number of alkyl halides is 1. The largest absolute Gasteiger partial charge is 0.378 e. The van der Waals surface area contributed by atoms with Gasteiger partial charge in [0.1, 0.15) is 6.17 Å². The standard InChI is InChI=1S/C44H77FO3/c1-3-5-7-9-11-13-15-33-47-39-21-17-35(18-22-39)37-25-29-43(30-26-37)41(45)44(42(43)46)31-27-38(28-32-44)36-19-23-40(24-20-36)48-34-16-14-12-10-8-6-4-2/h35-41H,3-34H2,1-2H3/t35?,36?,37?,38?,39?,40?,41?,43-,44-. The van der Waals surface area contributed by atoms with Crippen molar-refractivity contribution >= 4 is 5.78 Å². The second-order valence-electron chi connectivity index (χ2n) is 17.7. The van der Waals surface area contributed by atoms with Gasteiger partial charge >= 0.3 is 0 Å². The zero-order chi connectivity index (χ0) is 33.7. The molecule has 5 rings (SSSR count). The average Bonchev–Trinajstić information content (AvgIpc) is 3.14. The topological polar surface area (TPSA) is 35.5 Å². The molecule has 5 fully saturated rings. The van der Waals surface area contributed by atoms with Crippen molar-refractivity contribution in [2.75, 3.05) is 13.2 Å². The third kappa shape index (κ3) is 9.89. The van der Waals surface area contributed by atoms with Crippen LogP contribution < -0.4 is 0 Å². The number of rotatable bonds is 20. The number of ether oxygens (including phenoxy) is 2. The number of hydrogen-bond donors (Lipinski definition) is 0. The van der Waals surface area contributed by atoms with Crippen LogP contribution in [0, 0.1) is 34.5 Å². The first-order chi connectivity index (χ1) is 23.5. The predicted octanol–water partition coefficient (Wildman–Crippen LogP) is 12.9. The third-order valence-corrected chi connectivity index (χ3v) is 14.7. The quantitative estimate of drug-likeness (QED) is 0.121. The molecule has 48 heavy (non-hydrogen) atoms. The molecule has 2 spiro atoms. The highest BCUT2D eigenvalue weighted by Crippen LogP contribution is 2.66. The summed E-state index contributed by atoms with van der Waals surface area (Å²) in [6.07, 6.45) is 36.2. The molecule has 0 aromatic rings. The van der Waals surface area contributed by atoms with Gasteiger partial charge in [-0.2, -0.15) is 0 Å². The van der Waals surface area contributed by atoms with Gasteiger partial charge in [-0.3, -0.25) is 4.79 Å². The van der Waals surface area contributed by atoms with Crippen molar-refractivity contribution in [3.63, 3.8) is 0 Å². The van der Waals surface area contributed by atoms with Gasteiger partial charge in [0.05, 0.1) is 23.0 Å². The number of Topliss-reactive ketones (excluding diaryl/α,β-unsaturated/α-hetero) is 1. The minimum absolute atomic E-state index is 0.351. The van der Waals surface area contributed by atoms with Crippen molar-refractivity contribution in [2.24, 2.45) is 34.5 Å². The van der Waals surface area contributed by atoms with E-state index < -0.39 is 17.0 Å². The lowest BCUT2D eigenvalue weighted by Crippen LogP contribution is -2.69. The molecular weight excluding hydrogens is 595 g/mol. The second-order valence-corrected chi connectivity index (χ2v) is 17.7. The summed E-state index contributed by atoms with van der Waals surface area (Å²) in [4.78, 5) is 13.9. The van der Waals surface area contributed by atoms with Crippen molar-refractivity contribution < 1.29 is 18.7 Å². The summed E-state index contributed by atoms with van der Waals surface area (Å²) in [7, 11) is 0. The van der Waals surface area contributed by atoms with Crippen LogP contribution in [0.1, 0.15) is 206 Å². The lowest BCUT2D eigenvalue weighted by atomic mass is 9.41. The molecule has 3 nitrogen and oxygen atoms in total. The fourth-order valence-electron chi connectivity index (χ4n) is 11.5. The van der Waals surface area contributed by atoms with E-state index in [-0.39, 0.29) is 0 Å². The van der Waals surface area contributed by atoms with E-state index in [1.54, 1.807) is 0 Å². The minimum Gasteiger partial charge on any atom is -0.378 e. The van der Waals surface area contributed by atoms with Gasteiger partial charge in [0, 0.05) is 13.2 Å². The summed E-state index contributed by atoms with van der Waals surface area (Å²) >= 11 is 0. The molecule has 5 aliphatic rings. The summed E-state index contributed by atoms with van der Waals surface area (Å²) in [5.41, 5.74) is -1.24. The zero-order valence-electron chi connectivity index (χ0n) is 31.8. The fraction of sp³-hybridized carbons (Fsp3) is 0.977. The van der Waals surface area contributed by atoms with E-state index in [0.717, 1.165) is 76.4 Å². The Morgan fingerprint density at radius 1 is 0.479 bits per heavy atom. The van der Waals surface area contributed by atoms with Crippen molar-refractivity contribution in [1.82, 2.24) is 0 Å². The summed E-state index contributed by atoms with van der Waals surface area (Å²) in [6.45, 7) is 6.43. The second kappa shape index (κ2) is 19.9. The van der Waals surface area contributed by atoms with E-state index >= 15 is 4.39 Å². The zero-order valence-corrected chi connectivity index (χ0v) is 31.8. The molecule has 0 radical (unpaired) electrons. The molecule has 4 heteroatoms. The maximum Gasteiger partial charge on any atom is 0.151 e. The van der Waals surface area contributed by atoms with Crippen molar-refractivity contribution in [3.8, 4) is 0 Å². The number of ketones is 1. The molecule has 278 valence electrons. The van der Waals surface area contributed by atoms with Crippen LogP contribution in [0.5, 0.6) is 0 Å². The maximum atomic E-state index is 16.3. The molecule has 0 amide bonds. The molecule has 0 aromatic heterocycles. The van der Waals surface area contributed by atoms with Crippen LogP contribution in [-0.2, 0) is 14.3 Å². The van der Waals surface area contributed by atoms with Crippen LogP contribution in [0.25, 0.3) is 0 Å². The molecule has 0 saturated heterocycles. The molecule has 0 aliphatic heterocycles. The molecule has 5 aliphatic carbocycles. The molecule has 0 heterocycles. The molecular formula is C44H77FO3. The van der Waals surface area contributed by atoms with Gasteiger partial charge in [-0.05, 0) is 139 Å². The van der Waals surface area contributed by atoms with Crippen LogP contribution in [0.4, 0.5) is 4.39 Å². The Bertz CT molecular complexity index is 817. The van der Waals surface area contributed by atoms with E-state index in [4.69, 9.17) is 9.47 Å². The number of carbonyl (C=O) groups is 1. The lowest BCUT2D eigenvalue weighted by Gasteiger charge is -2.62. The van der Waals surface area contributed by atoms with Crippen LogP contribution in [0.3, 0.4) is 0 Å². The highest BCUT2D eigenvalue weighted by atomic mass is 19.1. The smallest absolute Gasteiger partial charge is 0.151 e. The average molecular weight is 673 g/mol. The van der Waals surface area contributed by atoms with Crippen LogP contribution >= 0.6 is 0 Å². The third-order valence-electron chi connectivity index (χ3n) is 14.7. The van der Waals surface area contributed by atoms with Crippen molar-refractivity contribution in [3.05, 3.63) is 0 Å². The normalized spacial score (nSPS) is 37.2. The van der Waals surface area contributed by atoms with Crippen LogP contribution in [0.15, 0.2) is 0 Å². The van der Waals surface area contributed by atoms with E-state index in [0.29, 0.717) is 29.8 Å². The Kier molecular flexibility index (Phi) is 16.1. The Morgan fingerprint density at radius 2 is 0.792 bits per heavy atom. The monoisotopic (exact) mass is 673 g/mol.